The van der Waals surface area contributed by atoms with E-state index >= 15 is 0 Å². The smallest absolute Gasteiger partial charge is 0.0184 e. The van der Waals surface area contributed by atoms with Gasteiger partial charge < -0.3 is 0 Å². The first kappa shape index (κ1) is 12.1. The fraction of sp³-hybridized carbons (Fsp3) is 0. The Hall–Kier alpha value is 1.07. The van der Waals surface area contributed by atoms with Crippen molar-refractivity contribution < 1.29 is 11.9 Å². The van der Waals surface area contributed by atoms with Crippen molar-refractivity contribution in [1.82, 2.24) is 0 Å². The molecule has 0 nitrogen and oxygen atoms in total. The zero-order valence-electron chi connectivity index (χ0n) is 5.31. The van der Waals surface area contributed by atoms with Gasteiger partial charge in [0.05, 0.1) is 0 Å². The van der Waals surface area contributed by atoms with Gasteiger partial charge in [-0.3, -0.25) is 0 Å². The van der Waals surface area contributed by atoms with E-state index in [2.05, 4.69) is 6.07 Å². The summed E-state index contributed by atoms with van der Waals surface area (Å²) in [7, 11) is 20.1. The molecule has 0 aromatic heterocycles. The fourth-order valence-corrected chi connectivity index (χ4v) is 0.342. The Morgan fingerprint density at radius 1 is 0.818 bits per heavy atom. The monoisotopic (exact) mass is 401 g/mol. The van der Waals surface area contributed by atoms with Gasteiger partial charge >= 0.3 is 49.6 Å². The van der Waals surface area contributed by atoms with Crippen molar-refractivity contribution in [3.05, 3.63) is 36.4 Å². The Morgan fingerprint density at radius 2 is 1.18 bits per heavy atom. The molecule has 0 N–H and O–H groups in total. The summed E-state index contributed by atoms with van der Waals surface area (Å²) in [6, 6.07) is 12.5. The molecular formula is C6H5Cl4W. The van der Waals surface area contributed by atoms with E-state index in [1.54, 1.807) is 0 Å². The van der Waals surface area contributed by atoms with Gasteiger partial charge in [-0.15, -0.1) is 0 Å². The van der Waals surface area contributed by atoms with Gasteiger partial charge in [-0.25, -0.2) is 0 Å². The van der Waals surface area contributed by atoms with E-state index in [0.717, 1.165) is 0 Å². The van der Waals surface area contributed by atoms with Crippen LogP contribution >= 0.6 is 37.7 Å². The topological polar surface area (TPSA) is 0 Å². The van der Waals surface area contributed by atoms with E-state index in [0.29, 0.717) is 0 Å². The molecule has 0 aliphatic rings. The van der Waals surface area contributed by atoms with Crippen molar-refractivity contribution in [2.75, 3.05) is 0 Å². The van der Waals surface area contributed by atoms with Gasteiger partial charge in [-0.05, 0) is 6.07 Å². The minimum Gasteiger partial charge on any atom is -0.0622 e. The molecule has 0 saturated carbocycles. The third-order valence-electron chi connectivity index (χ3n) is 0.607. The number of benzene rings is 1. The molecule has 0 bridgehead atoms. The maximum Gasteiger partial charge on any atom is -0.0184 e. The largest absolute Gasteiger partial charge is 0.0622 e. The van der Waals surface area contributed by atoms with Gasteiger partial charge in [0, 0.05) is 0 Å². The van der Waals surface area contributed by atoms with Crippen LogP contribution in [-0.4, -0.2) is 0 Å². The van der Waals surface area contributed by atoms with Crippen molar-refractivity contribution >= 4 is 37.7 Å². The van der Waals surface area contributed by atoms with E-state index in [-0.39, 0.29) is 0 Å². The Labute approximate surface area is 85.3 Å². The summed E-state index contributed by atoms with van der Waals surface area (Å²) < 4.78 is 0. The van der Waals surface area contributed by atoms with Gasteiger partial charge in [0.2, 0.25) is 0 Å². The van der Waals surface area contributed by atoms with Crippen LogP contribution in [0.5, 0.6) is 0 Å². The maximum absolute atomic E-state index is 5.03. The normalized spacial score (nSPS) is 11.3. The molecule has 0 aliphatic carbocycles. The number of rotatable bonds is 0. The minimum absolute atomic E-state index is 1.88. The molecule has 1 radical (unpaired) electrons. The van der Waals surface area contributed by atoms with Crippen LogP contribution in [0.25, 0.3) is 0 Å². The molecule has 0 atom stereocenters. The van der Waals surface area contributed by atoms with Crippen molar-refractivity contribution in [3.8, 4) is 0 Å². The molecule has 0 unspecified atom stereocenters. The van der Waals surface area contributed by atoms with Crippen molar-refractivity contribution in [1.29, 1.82) is 0 Å². The van der Waals surface area contributed by atoms with Crippen molar-refractivity contribution in [2.24, 2.45) is 0 Å². The number of halogens is 4. The molecular weight excluding hydrogens is 398 g/mol. The Kier molecular flexibility index (Phi) is 7.21. The second-order valence-corrected chi connectivity index (χ2v) is 26.9. The van der Waals surface area contributed by atoms with Crippen molar-refractivity contribution in [2.45, 2.75) is 0 Å². The molecule has 1 aromatic carbocycles. The third-order valence-corrected chi connectivity index (χ3v) is 0.607. The standard InChI is InChI=1S/C6H5.4ClH.W/c1-2-4-6-5-3-1;;;;;/h1-5H;4*1H;/q;;;;;+4/p-4. The summed E-state index contributed by atoms with van der Waals surface area (Å²) in [6.07, 6.45) is 0. The molecule has 0 saturated heterocycles. The Bertz CT molecular complexity index is 139. The van der Waals surface area contributed by atoms with Crippen LogP contribution in [0.3, 0.4) is 0 Å². The third kappa shape index (κ3) is 18.2. The van der Waals surface area contributed by atoms with Crippen LogP contribution in [-0.2, 0) is 11.9 Å². The Balaban J connectivity index is 0.000000187. The summed E-state index contributed by atoms with van der Waals surface area (Å²) in [4.78, 5) is 0. The van der Waals surface area contributed by atoms with Crippen LogP contribution in [0, 0.1) is 6.07 Å². The summed E-state index contributed by atoms with van der Waals surface area (Å²) in [6.45, 7) is 0. The van der Waals surface area contributed by atoms with Crippen LogP contribution in [0.4, 0.5) is 0 Å². The fourth-order valence-electron chi connectivity index (χ4n) is 0.342. The summed E-state index contributed by atoms with van der Waals surface area (Å²) in [5, 5.41) is 0. The molecule has 0 spiro atoms. The second-order valence-electron chi connectivity index (χ2n) is 1.43. The first-order chi connectivity index (χ1) is 5.00. The predicted octanol–water partition coefficient (Wildman–Crippen LogP) is 4.24. The minimum atomic E-state index is -3.28. The average Bonchev–Trinajstić information content (AvgIpc) is 1.88. The number of hydrogen-bond acceptors (Lipinski definition) is 0. The van der Waals surface area contributed by atoms with Gasteiger partial charge in [-0.1, -0.05) is 30.3 Å². The first-order valence-electron chi connectivity index (χ1n) is 2.53. The Morgan fingerprint density at radius 3 is 1.27 bits per heavy atom. The molecule has 0 fully saturated rings. The predicted molar refractivity (Wildman–Crippen MR) is 48.7 cm³/mol. The molecule has 1 rings (SSSR count). The van der Waals surface area contributed by atoms with Crippen molar-refractivity contribution in [3.63, 3.8) is 0 Å². The first-order valence-corrected chi connectivity index (χ1v) is 17.1. The second kappa shape index (κ2) is 6.57. The van der Waals surface area contributed by atoms with Gasteiger partial charge in [-0.2, -0.15) is 0 Å². The molecule has 63 valence electrons. The van der Waals surface area contributed by atoms with Crippen LogP contribution in [0.1, 0.15) is 0 Å². The van der Waals surface area contributed by atoms with E-state index in [1.807, 2.05) is 30.3 Å². The summed E-state index contributed by atoms with van der Waals surface area (Å²) >= 11 is -3.28. The van der Waals surface area contributed by atoms with E-state index in [9.17, 15) is 0 Å². The van der Waals surface area contributed by atoms with Crippen LogP contribution < -0.4 is 0 Å². The quantitative estimate of drug-likeness (QED) is 0.609. The maximum atomic E-state index is 5.03. The van der Waals surface area contributed by atoms with E-state index in [1.165, 1.54) is 0 Å². The van der Waals surface area contributed by atoms with Crippen LogP contribution in [0.15, 0.2) is 30.3 Å². The van der Waals surface area contributed by atoms with Crippen LogP contribution in [0.2, 0.25) is 0 Å². The van der Waals surface area contributed by atoms with Gasteiger partial charge in [0.15, 0.2) is 0 Å². The molecule has 1 aromatic rings. The molecule has 0 aliphatic heterocycles. The summed E-state index contributed by atoms with van der Waals surface area (Å²) in [5.41, 5.74) is 0. The van der Waals surface area contributed by atoms with E-state index in [4.69, 9.17) is 37.7 Å². The zero-order valence-corrected chi connectivity index (χ0v) is 11.3. The van der Waals surface area contributed by atoms with Gasteiger partial charge in [0.1, 0.15) is 0 Å². The molecule has 11 heavy (non-hydrogen) atoms. The van der Waals surface area contributed by atoms with E-state index < -0.39 is 11.9 Å². The zero-order chi connectivity index (χ0) is 8.74. The molecule has 5 heteroatoms. The summed E-state index contributed by atoms with van der Waals surface area (Å²) in [5.74, 6) is 0. The SMILES string of the molecule is [Cl][W]([Cl])([Cl])[Cl].[c]1ccccc1. The molecule has 0 amide bonds. The molecule has 0 heterocycles. The average molecular weight is 403 g/mol. The van der Waals surface area contributed by atoms with Gasteiger partial charge in [0.25, 0.3) is 0 Å². The number of hydrogen-bond donors (Lipinski definition) is 0.